The van der Waals surface area contributed by atoms with Crippen LogP contribution in [0.3, 0.4) is 0 Å². The Kier molecular flexibility index (Phi) is 4.13. The molecule has 0 fully saturated rings. The minimum Gasteiger partial charge on any atom is -0.455 e. The van der Waals surface area contributed by atoms with Gasteiger partial charge in [0.15, 0.2) is 0 Å². The fourth-order valence-electron chi connectivity index (χ4n) is 5.65. The molecule has 2 nitrogen and oxygen atoms in total. The van der Waals surface area contributed by atoms with Crippen LogP contribution in [0.25, 0.3) is 44.8 Å². The lowest BCUT2D eigenvalue weighted by Crippen LogP contribution is -2.30. The van der Waals surface area contributed by atoms with Gasteiger partial charge in [0, 0.05) is 33.8 Å². The summed E-state index contributed by atoms with van der Waals surface area (Å²) in [5.41, 5.74) is 5.33. The van der Waals surface area contributed by atoms with Crippen molar-refractivity contribution in [1.82, 2.24) is 4.98 Å². The van der Waals surface area contributed by atoms with E-state index in [9.17, 15) is 0 Å². The van der Waals surface area contributed by atoms with Gasteiger partial charge in [-0.1, -0.05) is 66.7 Å². The molecule has 0 bridgehead atoms. The topological polar surface area (TPSA) is 22.1 Å². The molecule has 1 aromatic heterocycles. The predicted molar refractivity (Wildman–Crippen MR) is 136 cm³/mol. The lowest BCUT2D eigenvalue weighted by atomic mass is 9.92. The van der Waals surface area contributed by atoms with Gasteiger partial charge in [0.05, 0.1) is 0 Å². The van der Waals surface area contributed by atoms with E-state index < -0.39 is 0 Å². The van der Waals surface area contributed by atoms with E-state index in [4.69, 9.17) is 4.74 Å². The van der Waals surface area contributed by atoms with E-state index >= 15 is 0 Å². The number of ether oxygens (including phenoxy) is 1. The summed E-state index contributed by atoms with van der Waals surface area (Å²) >= 11 is 0. The summed E-state index contributed by atoms with van der Waals surface area (Å²) in [6, 6.07) is 23.8. The second-order valence-corrected chi connectivity index (χ2v) is 8.97. The standard InChI is InChI=1S/C31H23NO/c1-2-7-20(8-3-1)30-23-10-4-5-11-24(23)31(25-17-18-32-19-27(25)30)33-28-16-15-22-14-13-21-9-6-12-26(28)29(21)22/h1-3,6-12,15-19H,4-5,13-14H2. The third-order valence-corrected chi connectivity index (χ3v) is 7.11. The van der Waals surface area contributed by atoms with Gasteiger partial charge in [-0.05, 0) is 70.7 Å². The Balaban J connectivity index is 1.54. The first kappa shape index (κ1) is 18.6. The largest absolute Gasteiger partial charge is 0.455 e. The Labute approximate surface area is 192 Å². The highest BCUT2D eigenvalue weighted by molar-refractivity contribution is 6.01. The summed E-state index contributed by atoms with van der Waals surface area (Å²) in [5, 5.41) is 7.29. The first-order valence-electron chi connectivity index (χ1n) is 11.8. The second kappa shape index (κ2) is 7.31. The van der Waals surface area contributed by atoms with Crippen LogP contribution in [-0.4, -0.2) is 4.98 Å². The lowest BCUT2D eigenvalue weighted by Gasteiger charge is -2.18. The summed E-state index contributed by atoms with van der Waals surface area (Å²) in [6.07, 6.45) is 12.9. The quantitative estimate of drug-likeness (QED) is 0.338. The van der Waals surface area contributed by atoms with Crippen molar-refractivity contribution in [2.45, 2.75) is 25.7 Å². The fraction of sp³-hybridized carbons (Fsp3) is 0.129. The van der Waals surface area contributed by atoms with Gasteiger partial charge in [0.25, 0.3) is 0 Å². The zero-order valence-electron chi connectivity index (χ0n) is 18.3. The highest BCUT2D eigenvalue weighted by atomic mass is 16.5. The number of hydrogen-bond donors (Lipinski definition) is 0. The lowest BCUT2D eigenvalue weighted by molar-refractivity contribution is 0.489. The Morgan fingerprint density at radius 1 is 0.667 bits per heavy atom. The molecule has 2 aliphatic carbocycles. The van der Waals surface area contributed by atoms with Gasteiger partial charge in [0.2, 0.25) is 0 Å². The number of fused-ring (bicyclic) bond motifs is 2. The highest BCUT2D eigenvalue weighted by Crippen LogP contribution is 2.39. The van der Waals surface area contributed by atoms with Gasteiger partial charge in [-0.3, -0.25) is 4.98 Å². The molecule has 0 spiro atoms. The van der Waals surface area contributed by atoms with Crippen molar-refractivity contribution in [2.24, 2.45) is 0 Å². The predicted octanol–water partition coefficient (Wildman–Crippen LogP) is 6.30. The Bertz CT molecular complexity index is 1670. The van der Waals surface area contributed by atoms with Crippen LogP contribution in [0.15, 0.2) is 79.1 Å². The highest BCUT2D eigenvalue weighted by Gasteiger charge is 2.20. The fourth-order valence-corrected chi connectivity index (χ4v) is 5.65. The average Bonchev–Trinajstić information content (AvgIpc) is 3.30. The van der Waals surface area contributed by atoms with Crippen molar-refractivity contribution >= 4 is 33.7 Å². The molecule has 0 aliphatic heterocycles. The molecule has 4 aromatic carbocycles. The van der Waals surface area contributed by atoms with Crippen molar-refractivity contribution in [3.05, 3.63) is 101 Å². The summed E-state index contributed by atoms with van der Waals surface area (Å²) < 4.78 is 6.85. The maximum atomic E-state index is 6.85. The number of nitrogens with zero attached hydrogens (tertiary/aromatic N) is 1. The SMILES string of the molecule is C1=c2c(Oc3ccc4c5c(cccc35)CC4)c3ccncc3c(-c3ccccc3)c2=CCC1. The molecule has 2 aliphatic rings. The van der Waals surface area contributed by atoms with Crippen LogP contribution in [0.2, 0.25) is 0 Å². The molecule has 5 aromatic rings. The number of pyridine rings is 1. The van der Waals surface area contributed by atoms with Crippen LogP contribution in [0, 0.1) is 0 Å². The molecule has 7 rings (SSSR count). The Morgan fingerprint density at radius 2 is 1.48 bits per heavy atom. The van der Waals surface area contributed by atoms with Crippen molar-refractivity contribution in [2.75, 3.05) is 0 Å². The van der Waals surface area contributed by atoms with Crippen LogP contribution in [0.5, 0.6) is 11.5 Å². The van der Waals surface area contributed by atoms with Gasteiger partial charge < -0.3 is 4.74 Å². The molecule has 0 amide bonds. The van der Waals surface area contributed by atoms with Crippen molar-refractivity contribution in [3.8, 4) is 22.6 Å². The summed E-state index contributed by atoms with van der Waals surface area (Å²) in [6.45, 7) is 0. The molecule has 158 valence electrons. The average molecular weight is 426 g/mol. The van der Waals surface area contributed by atoms with E-state index in [0.29, 0.717) is 0 Å². The molecule has 1 heterocycles. The molecule has 0 unspecified atom stereocenters. The second-order valence-electron chi connectivity index (χ2n) is 8.97. The third kappa shape index (κ3) is 2.84. The van der Waals surface area contributed by atoms with Crippen LogP contribution in [-0.2, 0) is 12.8 Å². The summed E-state index contributed by atoms with van der Waals surface area (Å²) in [4.78, 5) is 4.50. The Morgan fingerprint density at radius 3 is 2.36 bits per heavy atom. The third-order valence-electron chi connectivity index (χ3n) is 7.11. The monoisotopic (exact) mass is 425 g/mol. The number of aromatic nitrogens is 1. The minimum absolute atomic E-state index is 0.934. The van der Waals surface area contributed by atoms with E-state index in [0.717, 1.165) is 48.0 Å². The van der Waals surface area contributed by atoms with Crippen molar-refractivity contribution in [1.29, 1.82) is 0 Å². The zero-order valence-corrected chi connectivity index (χ0v) is 18.3. The van der Waals surface area contributed by atoms with Crippen LogP contribution < -0.4 is 15.2 Å². The molecule has 0 N–H and O–H groups in total. The van der Waals surface area contributed by atoms with E-state index in [-0.39, 0.29) is 0 Å². The van der Waals surface area contributed by atoms with Crippen molar-refractivity contribution in [3.63, 3.8) is 0 Å². The summed E-state index contributed by atoms with van der Waals surface area (Å²) in [7, 11) is 0. The number of rotatable bonds is 3. The maximum absolute atomic E-state index is 6.85. The zero-order chi connectivity index (χ0) is 21.8. The smallest absolute Gasteiger partial charge is 0.142 e. The van der Waals surface area contributed by atoms with Gasteiger partial charge in [-0.15, -0.1) is 0 Å². The molecule has 2 heteroatoms. The number of benzene rings is 4. The number of hydrogen-bond acceptors (Lipinski definition) is 2. The van der Waals surface area contributed by atoms with Crippen LogP contribution in [0.1, 0.15) is 24.0 Å². The minimum atomic E-state index is 0.934. The Hall–Kier alpha value is -3.91. The number of aryl methyl sites for hydroxylation is 2. The van der Waals surface area contributed by atoms with Crippen LogP contribution in [0.4, 0.5) is 0 Å². The van der Waals surface area contributed by atoms with Gasteiger partial charge in [0.1, 0.15) is 11.5 Å². The van der Waals surface area contributed by atoms with E-state index in [1.807, 2.05) is 12.4 Å². The normalized spacial score (nSPS) is 14.1. The first-order valence-corrected chi connectivity index (χ1v) is 11.8. The van der Waals surface area contributed by atoms with Gasteiger partial charge in [-0.2, -0.15) is 0 Å². The van der Waals surface area contributed by atoms with E-state index in [1.165, 1.54) is 43.5 Å². The first-order chi connectivity index (χ1) is 16.4. The van der Waals surface area contributed by atoms with Gasteiger partial charge in [-0.25, -0.2) is 0 Å². The molecule has 0 saturated heterocycles. The molecule has 0 saturated carbocycles. The molecule has 0 radical (unpaired) electrons. The molecule has 0 atom stereocenters. The summed E-state index contributed by atoms with van der Waals surface area (Å²) in [5.74, 6) is 1.88. The van der Waals surface area contributed by atoms with Gasteiger partial charge >= 0.3 is 0 Å². The van der Waals surface area contributed by atoms with E-state index in [2.05, 4.69) is 83.9 Å². The van der Waals surface area contributed by atoms with E-state index in [1.54, 1.807) is 0 Å². The maximum Gasteiger partial charge on any atom is 0.142 e. The molecular formula is C31H23NO. The van der Waals surface area contributed by atoms with Crippen LogP contribution >= 0.6 is 0 Å². The molecule has 33 heavy (non-hydrogen) atoms. The molecular weight excluding hydrogens is 402 g/mol. The van der Waals surface area contributed by atoms with Crippen molar-refractivity contribution < 1.29 is 4.74 Å².